The molecule has 0 aliphatic carbocycles. The van der Waals surface area contributed by atoms with Crippen molar-refractivity contribution in [1.82, 2.24) is 5.32 Å². The summed E-state index contributed by atoms with van der Waals surface area (Å²) in [5, 5.41) is 12.7. The molecule has 0 radical (unpaired) electrons. The summed E-state index contributed by atoms with van der Waals surface area (Å²) in [7, 11) is 0. The molecule has 0 saturated heterocycles. The molecule has 0 aromatic heterocycles. The van der Waals surface area contributed by atoms with Gasteiger partial charge in [0.15, 0.2) is 5.60 Å². The van der Waals surface area contributed by atoms with E-state index in [0.717, 1.165) is 0 Å². The predicted molar refractivity (Wildman–Crippen MR) is 57.6 cm³/mol. The van der Waals surface area contributed by atoms with Gasteiger partial charge >= 0.3 is 5.97 Å². The minimum Gasteiger partial charge on any atom is -0.458 e. The molecular formula is C11H17NO4. The number of likely N-dealkylation sites (N-methyl/N-ethyl adjacent to an activating group) is 1. The zero-order valence-corrected chi connectivity index (χ0v) is 9.79. The lowest BCUT2D eigenvalue weighted by atomic mass is 9.86. The van der Waals surface area contributed by atoms with Crippen LogP contribution in [0.25, 0.3) is 0 Å². The van der Waals surface area contributed by atoms with Gasteiger partial charge in [0.05, 0.1) is 5.57 Å². The monoisotopic (exact) mass is 227 g/mol. The van der Waals surface area contributed by atoms with Crippen LogP contribution in [-0.2, 0) is 14.3 Å². The molecule has 0 aromatic rings. The van der Waals surface area contributed by atoms with E-state index < -0.39 is 11.6 Å². The average Bonchev–Trinajstić information content (AvgIpc) is 2.26. The summed E-state index contributed by atoms with van der Waals surface area (Å²) in [5.74, 6) is -0.972. The molecule has 1 aliphatic rings. The van der Waals surface area contributed by atoms with Crippen LogP contribution in [-0.4, -0.2) is 35.7 Å². The second kappa shape index (κ2) is 4.65. The molecule has 0 fully saturated rings. The van der Waals surface area contributed by atoms with E-state index in [2.05, 4.69) is 5.32 Å². The summed E-state index contributed by atoms with van der Waals surface area (Å²) < 4.78 is 4.83. The van der Waals surface area contributed by atoms with Crippen LogP contribution in [0.3, 0.4) is 0 Å². The second-order valence-electron chi connectivity index (χ2n) is 3.75. The SMILES string of the molecule is CCNC(=O)C1=C(C)[C@@](O)(CC)C(=O)OC1. The molecule has 90 valence electrons. The first-order valence-electron chi connectivity index (χ1n) is 5.35. The van der Waals surface area contributed by atoms with E-state index in [9.17, 15) is 14.7 Å². The second-order valence-corrected chi connectivity index (χ2v) is 3.75. The van der Waals surface area contributed by atoms with E-state index in [4.69, 9.17) is 4.74 Å². The van der Waals surface area contributed by atoms with Crippen molar-refractivity contribution in [3.63, 3.8) is 0 Å². The quantitative estimate of drug-likeness (QED) is 0.672. The summed E-state index contributed by atoms with van der Waals surface area (Å²) >= 11 is 0. The van der Waals surface area contributed by atoms with E-state index in [-0.39, 0.29) is 18.9 Å². The average molecular weight is 227 g/mol. The molecule has 1 aliphatic heterocycles. The smallest absolute Gasteiger partial charge is 0.342 e. The maximum atomic E-state index is 11.6. The van der Waals surface area contributed by atoms with E-state index in [1.54, 1.807) is 20.8 Å². The third-order valence-corrected chi connectivity index (χ3v) is 2.88. The predicted octanol–water partition coefficient (Wildman–Crippen LogP) is 0.137. The number of carbonyl (C=O) groups is 2. The van der Waals surface area contributed by atoms with Crippen LogP contribution >= 0.6 is 0 Å². The van der Waals surface area contributed by atoms with Gasteiger partial charge in [-0.2, -0.15) is 0 Å². The van der Waals surface area contributed by atoms with Gasteiger partial charge in [-0.05, 0) is 25.8 Å². The number of esters is 1. The van der Waals surface area contributed by atoms with Gasteiger partial charge in [-0.25, -0.2) is 4.79 Å². The van der Waals surface area contributed by atoms with Crippen LogP contribution in [0, 0.1) is 0 Å². The van der Waals surface area contributed by atoms with Gasteiger partial charge in [-0.3, -0.25) is 4.79 Å². The highest BCUT2D eigenvalue weighted by Crippen LogP contribution is 2.29. The summed E-state index contributed by atoms with van der Waals surface area (Å²) in [4.78, 5) is 23.1. The fourth-order valence-electron chi connectivity index (χ4n) is 1.68. The van der Waals surface area contributed by atoms with Crippen molar-refractivity contribution in [3.05, 3.63) is 11.1 Å². The summed E-state index contributed by atoms with van der Waals surface area (Å²) in [6.07, 6.45) is 0.195. The van der Waals surface area contributed by atoms with Crippen LogP contribution in [0.4, 0.5) is 0 Å². The Hall–Kier alpha value is -1.36. The van der Waals surface area contributed by atoms with Crippen molar-refractivity contribution in [2.45, 2.75) is 32.8 Å². The zero-order chi connectivity index (χ0) is 12.3. The Morgan fingerprint density at radius 2 is 2.19 bits per heavy atom. The lowest BCUT2D eigenvalue weighted by Gasteiger charge is -2.31. The van der Waals surface area contributed by atoms with E-state index in [1.165, 1.54) is 0 Å². The Morgan fingerprint density at radius 3 is 2.69 bits per heavy atom. The molecule has 0 aromatic carbocycles. The number of hydrogen-bond donors (Lipinski definition) is 2. The lowest BCUT2D eigenvalue weighted by molar-refractivity contribution is -0.163. The van der Waals surface area contributed by atoms with Gasteiger partial charge in [0, 0.05) is 6.54 Å². The van der Waals surface area contributed by atoms with Gasteiger partial charge in [-0.15, -0.1) is 0 Å². The molecule has 0 unspecified atom stereocenters. The van der Waals surface area contributed by atoms with E-state index >= 15 is 0 Å². The van der Waals surface area contributed by atoms with Crippen molar-refractivity contribution in [1.29, 1.82) is 0 Å². The molecule has 2 N–H and O–H groups in total. The molecule has 5 heteroatoms. The number of ether oxygens (including phenoxy) is 1. The number of nitrogens with one attached hydrogen (secondary N) is 1. The number of aliphatic hydroxyl groups is 1. The normalized spacial score (nSPS) is 25.4. The Labute approximate surface area is 94.5 Å². The molecule has 0 spiro atoms. The van der Waals surface area contributed by atoms with Crippen molar-refractivity contribution < 1.29 is 19.4 Å². The first-order chi connectivity index (χ1) is 7.47. The third-order valence-electron chi connectivity index (χ3n) is 2.88. The molecule has 1 amide bonds. The maximum Gasteiger partial charge on any atom is 0.342 e. The highest BCUT2D eigenvalue weighted by Gasteiger charge is 2.43. The minimum atomic E-state index is -1.65. The summed E-state index contributed by atoms with van der Waals surface area (Å²) in [6.45, 7) is 5.49. The Morgan fingerprint density at radius 1 is 1.56 bits per heavy atom. The first-order valence-corrected chi connectivity index (χ1v) is 5.35. The Balaban J connectivity index is 3.09. The fraction of sp³-hybridized carbons (Fsp3) is 0.636. The van der Waals surface area contributed by atoms with Gasteiger partial charge in [0.25, 0.3) is 5.91 Å². The Bertz CT molecular complexity index is 348. The van der Waals surface area contributed by atoms with Gasteiger partial charge in [0.2, 0.25) is 0 Å². The number of cyclic esters (lactones) is 1. The van der Waals surface area contributed by atoms with Crippen LogP contribution in [0.1, 0.15) is 27.2 Å². The molecule has 0 bridgehead atoms. The number of hydrogen-bond acceptors (Lipinski definition) is 4. The topological polar surface area (TPSA) is 75.6 Å². The first kappa shape index (κ1) is 12.7. The molecule has 16 heavy (non-hydrogen) atoms. The highest BCUT2D eigenvalue weighted by molar-refractivity contribution is 5.98. The number of carbonyl (C=O) groups excluding carboxylic acids is 2. The zero-order valence-electron chi connectivity index (χ0n) is 9.79. The van der Waals surface area contributed by atoms with Crippen LogP contribution in [0.5, 0.6) is 0 Å². The number of amides is 1. The largest absolute Gasteiger partial charge is 0.458 e. The van der Waals surface area contributed by atoms with E-state index in [1.807, 2.05) is 0 Å². The van der Waals surface area contributed by atoms with Crippen molar-refractivity contribution in [3.8, 4) is 0 Å². The molecule has 1 rings (SSSR count). The van der Waals surface area contributed by atoms with Gasteiger partial charge in [-0.1, -0.05) is 6.92 Å². The lowest BCUT2D eigenvalue weighted by Crippen LogP contribution is -2.47. The molecule has 0 saturated carbocycles. The number of rotatable bonds is 3. The van der Waals surface area contributed by atoms with Crippen LogP contribution in [0.15, 0.2) is 11.1 Å². The molecular weight excluding hydrogens is 210 g/mol. The molecule has 5 nitrogen and oxygen atoms in total. The molecule has 1 atom stereocenters. The third kappa shape index (κ3) is 1.95. The van der Waals surface area contributed by atoms with Crippen molar-refractivity contribution in [2.75, 3.05) is 13.2 Å². The van der Waals surface area contributed by atoms with Crippen LogP contribution in [0.2, 0.25) is 0 Å². The highest BCUT2D eigenvalue weighted by atomic mass is 16.6. The van der Waals surface area contributed by atoms with Gasteiger partial charge in [0.1, 0.15) is 6.61 Å². The van der Waals surface area contributed by atoms with E-state index in [0.29, 0.717) is 17.7 Å². The van der Waals surface area contributed by atoms with Crippen molar-refractivity contribution >= 4 is 11.9 Å². The molecule has 1 heterocycles. The standard InChI is InChI=1S/C11H17NO4/c1-4-11(15)7(3)8(6-16-10(11)14)9(13)12-5-2/h15H,4-6H2,1-3H3,(H,12,13)/t11-/m0/s1. The summed E-state index contributed by atoms with van der Waals surface area (Å²) in [6, 6.07) is 0. The van der Waals surface area contributed by atoms with Gasteiger partial charge < -0.3 is 15.2 Å². The maximum absolute atomic E-state index is 11.6. The summed E-state index contributed by atoms with van der Waals surface area (Å²) in [5.41, 5.74) is -0.929. The van der Waals surface area contributed by atoms with Crippen molar-refractivity contribution in [2.24, 2.45) is 0 Å². The fourth-order valence-corrected chi connectivity index (χ4v) is 1.68. The minimum absolute atomic E-state index is 0.0706. The Kier molecular flexibility index (Phi) is 3.70. The van der Waals surface area contributed by atoms with Crippen LogP contribution < -0.4 is 5.32 Å².